The molecule has 16 heavy (non-hydrogen) atoms. The molecule has 3 N–H and O–H groups in total. The molecule has 0 amide bonds. The van der Waals surface area contributed by atoms with Crippen LogP contribution in [0.1, 0.15) is 11.1 Å². The van der Waals surface area contributed by atoms with E-state index in [9.17, 15) is 4.79 Å². The van der Waals surface area contributed by atoms with E-state index in [1.54, 1.807) is 7.11 Å². The Morgan fingerprint density at radius 2 is 2.25 bits per heavy atom. The van der Waals surface area contributed by atoms with Gasteiger partial charge in [-0.2, -0.15) is 0 Å². The lowest BCUT2D eigenvalue weighted by Gasteiger charge is -2.15. The third-order valence-corrected chi connectivity index (χ3v) is 3.02. The van der Waals surface area contributed by atoms with Crippen molar-refractivity contribution in [3.8, 4) is 5.75 Å². The van der Waals surface area contributed by atoms with Crippen LogP contribution < -0.4 is 10.5 Å². The fourth-order valence-electron chi connectivity index (χ4n) is 1.48. The van der Waals surface area contributed by atoms with Crippen LogP contribution >= 0.6 is 15.9 Å². The highest BCUT2D eigenvalue weighted by molar-refractivity contribution is 9.10. The lowest BCUT2D eigenvalue weighted by atomic mass is 10.0. The first kappa shape index (κ1) is 13.0. The molecule has 1 rings (SSSR count). The van der Waals surface area contributed by atoms with Gasteiger partial charge in [-0.25, -0.2) is 0 Å². The minimum absolute atomic E-state index is 0.254. The van der Waals surface area contributed by atoms with E-state index < -0.39 is 12.0 Å². The van der Waals surface area contributed by atoms with Crippen LogP contribution in [0.15, 0.2) is 16.6 Å². The molecule has 0 bridgehead atoms. The molecule has 0 saturated heterocycles. The van der Waals surface area contributed by atoms with Crippen LogP contribution in [-0.4, -0.2) is 24.2 Å². The topological polar surface area (TPSA) is 72.5 Å². The Kier molecular flexibility index (Phi) is 4.32. The summed E-state index contributed by atoms with van der Waals surface area (Å²) in [6, 6.07) is 2.85. The van der Waals surface area contributed by atoms with Crippen LogP contribution in [0.25, 0.3) is 0 Å². The number of aryl methyl sites for hydroxylation is 1. The van der Waals surface area contributed by atoms with Gasteiger partial charge in [0.25, 0.3) is 0 Å². The number of nitrogens with two attached hydrogens (primary N) is 1. The van der Waals surface area contributed by atoms with Crippen molar-refractivity contribution in [1.82, 2.24) is 0 Å². The van der Waals surface area contributed by atoms with E-state index in [1.807, 2.05) is 19.1 Å². The van der Waals surface area contributed by atoms with Crippen molar-refractivity contribution in [1.29, 1.82) is 0 Å². The first-order valence-electron chi connectivity index (χ1n) is 4.77. The molecule has 5 heteroatoms. The van der Waals surface area contributed by atoms with Gasteiger partial charge in [-0.05, 0) is 34.5 Å². The van der Waals surface area contributed by atoms with E-state index in [4.69, 9.17) is 15.6 Å². The largest absolute Gasteiger partial charge is 0.495 e. The summed E-state index contributed by atoms with van der Waals surface area (Å²) in [4.78, 5) is 10.7. The zero-order chi connectivity index (χ0) is 12.3. The molecule has 0 spiro atoms. The lowest BCUT2D eigenvalue weighted by molar-refractivity contribution is -0.138. The highest BCUT2D eigenvalue weighted by Crippen LogP contribution is 2.31. The van der Waals surface area contributed by atoms with Crippen molar-refractivity contribution in [2.24, 2.45) is 5.73 Å². The summed E-state index contributed by atoms with van der Waals surface area (Å²) >= 11 is 3.36. The highest BCUT2D eigenvalue weighted by Gasteiger charge is 2.18. The van der Waals surface area contributed by atoms with Gasteiger partial charge in [-0.3, -0.25) is 4.79 Å². The molecule has 0 aromatic heterocycles. The normalized spacial score (nSPS) is 12.2. The molecule has 0 fully saturated rings. The van der Waals surface area contributed by atoms with Crippen molar-refractivity contribution in [2.45, 2.75) is 19.4 Å². The number of rotatable bonds is 4. The van der Waals surface area contributed by atoms with Crippen LogP contribution in [-0.2, 0) is 11.2 Å². The number of aliphatic carboxylic acids is 1. The number of hydrogen-bond acceptors (Lipinski definition) is 3. The third kappa shape index (κ3) is 2.74. The van der Waals surface area contributed by atoms with Gasteiger partial charge in [-0.15, -0.1) is 0 Å². The number of carboxylic acids is 1. The van der Waals surface area contributed by atoms with Gasteiger partial charge >= 0.3 is 5.97 Å². The fraction of sp³-hybridized carbons (Fsp3) is 0.364. The molecule has 0 aliphatic carbocycles. The quantitative estimate of drug-likeness (QED) is 0.885. The molecule has 88 valence electrons. The number of hydrogen-bond donors (Lipinski definition) is 2. The number of carboxylic acid groups (broad SMARTS) is 1. The standard InChI is InChI=1S/C11H14BrNO3/c1-6-3-4-8(12)10(16-2)7(6)5-9(13)11(14)15/h3-4,9H,5,13H2,1-2H3,(H,14,15). The van der Waals surface area contributed by atoms with Gasteiger partial charge in [0, 0.05) is 12.0 Å². The Labute approximate surface area is 103 Å². The Hall–Kier alpha value is -1.07. The summed E-state index contributed by atoms with van der Waals surface area (Å²) in [5.74, 6) is -0.363. The maximum atomic E-state index is 10.7. The van der Waals surface area contributed by atoms with Gasteiger partial charge in [0.2, 0.25) is 0 Å². The molecular weight excluding hydrogens is 274 g/mol. The molecule has 1 unspecified atom stereocenters. The summed E-state index contributed by atoms with van der Waals surface area (Å²) in [5, 5.41) is 8.79. The van der Waals surface area contributed by atoms with E-state index in [1.165, 1.54) is 0 Å². The first-order chi connectivity index (χ1) is 7.47. The first-order valence-corrected chi connectivity index (χ1v) is 5.57. The Morgan fingerprint density at radius 3 is 2.75 bits per heavy atom. The Bertz CT molecular complexity index is 406. The molecule has 4 nitrogen and oxygen atoms in total. The van der Waals surface area contributed by atoms with Crippen molar-refractivity contribution in [3.05, 3.63) is 27.7 Å². The van der Waals surface area contributed by atoms with Crippen molar-refractivity contribution in [3.63, 3.8) is 0 Å². The highest BCUT2D eigenvalue weighted by atomic mass is 79.9. The summed E-state index contributed by atoms with van der Waals surface area (Å²) in [7, 11) is 1.55. The second-order valence-electron chi connectivity index (χ2n) is 3.52. The molecule has 1 aromatic carbocycles. The minimum Gasteiger partial charge on any atom is -0.495 e. The summed E-state index contributed by atoms with van der Waals surface area (Å²) < 4.78 is 6.04. The number of benzene rings is 1. The molecular formula is C11H14BrNO3. The number of halogens is 1. The predicted octanol–water partition coefficient (Wildman–Crippen LogP) is 1.72. The molecule has 0 heterocycles. The molecule has 1 atom stereocenters. The van der Waals surface area contributed by atoms with Gasteiger partial charge in [-0.1, -0.05) is 6.07 Å². The van der Waals surface area contributed by atoms with Crippen LogP contribution in [0, 0.1) is 6.92 Å². The second-order valence-corrected chi connectivity index (χ2v) is 4.38. The van der Waals surface area contributed by atoms with Crippen LogP contribution in [0.5, 0.6) is 5.75 Å². The fourth-order valence-corrected chi connectivity index (χ4v) is 2.01. The Morgan fingerprint density at radius 1 is 1.62 bits per heavy atom. The maximum absolute atomic E-state index is 10.7. The Balaban J connectivity index is 3.11. The summed E-state index contributed by atoms with van der Waals surface area (Å²) in [5.41, 5.74) is 7.32. The summed E-state index contributed by atoms with van der Waals surface area (Å²) in [6.07, 6.45) is 0.254. The maximum Gasteiger partial charge on any atom is 0.320 e. The van der Waals surface area contributed by atoms with Gasteiger partial charge in [0.05, 0.1) is 11.6 Å². The molecule has 0 saturated carbocycles. The molecule has 0 radical (unpaired) electrons. The monoisotopic (exact) mass is 287 g/mol. The van der Waals surface area contributed by atoms with Crippen LogP contribution in [0.3, 0.4) is 0 Å². The van der Waals surface area contributed by atoms with E-state index in [0.717, 1.165) is 15.6 Å². The van der Waals surface area contributed by atoms with Crippen LogP contribution in [0.2, 0.25) is 0 Å². The average molecular weight is 288 g/mol. The van der Waals surface area contributed by atoms with E-state index in [-0.39, 0.29) is 6.42 Å². The second kappa shape index (κ2) is 5.32. The predicted molar refractivity (Wildman–Crippen MR) is 64.7 cm³/mol. The molecule has 1 aromatic rings. The smallest absolute Gasteiger partial charge is 0.320 e. The zero-order valence-electron chi connectivity index (χ0n) is 9.16. The zero-order valence-corrected chi connectivity index (χ0v) is 10.7. The number of carbonyl (C=O) groups is 1. The lowest BCUT2D eigenvalue weighted by Crippen LogP contribution is -2.32. The molecule has 0 aliphatic rings. The van der Waals surface area contributed by atoms with E-state index in [0.29, 0.717) is 5.75 Å². The summed E-state index contributed by atoms with van der Waals surface area (Å²) in [6.45, 7) is 1.90. The van der Waals surface area contributed by atoms with E-state index in [2.05, 4.69) is 15.9 Å². The third-order valence-electron chi connectivity index (χ3n) is 2.39. The van der Waals surface area contributed by atoms with Gasteiger partial charge < -0.3 is 15.6 Å². The minimum atomic E-state index is -1.01. The van der Waals surface area contributed by atoms with Gasteiger partial charge in [0.15, 0.2) is 0 Å². The van der Waals surface area contributed by atoms with E-state index >= 15 is 0 Å². The average Bonchev–Trinajstić information content (AvgIpc) is 2.23. The number of ether oxygens (including phenoxy) is 1. The van der Waals surface area contributed by atoms with Crippen molar-refractivity contribution in [2.75, 3.05) is 7.11 Å². The van der Waals surface area contributed by atoms with Gasteiger partial charge in [0.1, 0.15) is 11.8 Å². The van der Waals surface area contributed by atoms with Crippen molar-refractivity contribution < 1.29 is 14.6 Å². The SMILES string of the molecule is COc1c(Br)ccc(C)c1CC(N)C(=O)O. The van der Waals surface area contributed by atoms with Crippen molar-refractivity contribution >= 4 is 21.9 Å². The number of methoxy groups -OCH3 is 1. The molecule has 0 aliphatic heterocycles. The van der Waals surface area contributed by atoms with Crippen LogP contribution in [0.4, 0.5) is 0 Å².